The summed E-state index contributed by atoms with van der Waals surface area (Å²) in [6, 6.07) is 7.17. The normalized spacial score (nSPS) is 20.2. The number of halogens is 1. The molecule has 1 atom stereocenters. The minimum Gasteiger partial charge on any atom is -0.368 e. The van der Waals surface area contributed by atoms with Gasteiger partial charge in [0, 0.05) is 10.2 Å². The van der Waals surface area contributed by atoms with E-state index in [1.807, 2.05) is 25.1 Å². The second-order valence-corrected chi connectivity index (χ2v) is 4.77. The smallest absolute Gasteiger partial charge is 0.254 e. The van der Waals surface area contributed by atoms with E-state index in [1.165, 1.54) is 4.90 Å². The van der Waals surface area contributed by atoms with Crippen LogP contribution in [0.2, 0.25) is 0 Å². The molecule has 5 heteroatoms. The maximum absolute atomic E-state index is 11.8. The minimum absolute atomic E-state index is 0.0354. The molecule has 0 bridgehead atoms. The summed E-state index contributed by atoms with van der Waals surface area (Å²) in [4.78, 5) is 13.4. The molecule has 0 saturated carbocycles. The van der Waals surface area contributed by atoms with E-state index in [0.29, 0.717) is 0 Å². The number of rotatable bonds is 1. The highest BCUT2D eigenvalue weighted by atomic mass is 79.9. The summed E-state index contributed by atoms with van der Waals surface area (Å²) in [7, 11) is 0. The molecule has 1 amide bonds. The maximum atomic E-state index is 11.8. The number of hydrogen-bond acceptors (Lipinski definition) is 3. The van der Waals surface area contributed by atoms with Crippen LogP contribution in [0, 0.1) is 18.3 Å². The Kier molecular flexibility index (Phi) is 3.46. The maximum Gasteiger partial charge on any atom is 0.254 e. The molecule has 2 rings (SSSR count). The van der Waals surface area contributed by atoms with E-state index < -0.39 is 6.04 Å². The molecule has 1 aromatic carbocycles. The number of carbonyl (C=O) groups is 1. The van der Waals surface area contributed by atoms with Crippen molar-refractivity contribution >= 4 is 27.5 Å². The summed E-state index contributed by atoms with van der Waals surface area (Å²) < 4.78 is 6.03. The van der Waals surface area contributed by atoms with Crippen molar-refractivity contribution in [2.75, 3.05) is 18.1 Å². The number of nitrogens with zero attached hydrogens (tertiary/aromatic N) is 2. The molecule has 1 heterocycles. The van der Waals surface area contributed by atoms with Gasteiger partial charge in [0.05, 0.1) is 12.7 Å². The number of hydrogen-bond donors (Lipinski definition) is 0. The molecule has 88 valence electrons. The molecule has 0 N–H and O–H groups in total. The number of morpholine rings is 1. The predicted molar refractivity (Wildman–Crippen MR) is 66.6 cm³/mol. The average molecular weight is 295 g/mol. The molecule has 0 radical (unpaired) electrons. The third-order valence-corrected chi connectivity index (χ3v) is 3.14. The summed E-state index contributed by atoms with van der Waals surface area (Å²) in [6.07, 6.45) is 0. The predicted octanol–water partition coefficient (Wildman–Crippen LogP) is 2.01. The van der Waals surface area contributed by atoms with Gasteiger partial charge in [0.1, 0.15) is 12.6 Å². The Balaban J connectivity index is 2.42. The zero-order valence-corrected chi connectivity index (χ0v) is 10.9. The van der Waals surface area contributed by atoms with Gasteiger partial charge in [0.2, 0.25) is 0 Å². The van der Waals surface area contributed by atoms with Crippen LogP contribution in [0.25, 0.3) is 0 Å². The number of nitriles is 1. The van der Waals surface area contributed by atoms with E-state index >= 15 is 0 Å². The second-order valence-electron chi connectivity index (χ2n) is 3.85. The molecule has 1 unspecified atom stereocenters. The number of amides is 1. The number of ether oxygens (including phenoxy) is 1. The van der Waals surface area contributed by atoms with Crippen LogP contribution < -0.4 is 4.90 Å². The number of carbonyl (C=O) groups excluding carboxylic acids is 1. The Morgan fingerprint density at radius 3 is 3.00 bits per heavy atom. The molecule has 1 saturated heterocycles. The minimum atomic E-state index is -0.545. The first kappa shape index (κ1) is 12.1. The van der Waals surface area contributed by atoms with Gasteiger partial charge in [-0.3, -0.25) is 9.69 Å². The third-order valence-electron chi connectivity index (χ3n) is 2.65. The van der Waals surface area contributed by atoms with Crippen LogP contribution in [0.3, 0.4) is 0 Å². The van der Waals surface area contributed by atoms with E-state index in [2.05, 4.69) is 22.0 Å². The molecule has 1 fully saturated rings. The van der Waals surface area contributed by atoms with Crippen LogP contribution >= 0.6 is 15.9 Å². The van der Waals surface area contributed by atoms with Gasteiger partial charge in [-0.15, -0.1) is 0 Å². The van der Waals surface area contributed by atoms with Gasteiger partial charge >= 0.3 is 0 Å². The first-order chi connectivity index (χ1) is 8.13. The van der Waals surface area contributed by atoms with Gasteiger partial charge in [-0.2, -0.15) is 5.26 Å². The summed E-state index contributed by atoms with van der Waals surface area (Å²) in [5.74, 6) is -0.173. The zero-order chi connectivity index (χ0) is 12.4. The lowest BCUT2D eigenvalue weighted by Gasteiger charge is -2.32. The van der Waals surface area contributed by atoms with Crippen molar-refractivity contribution in [2.45, 2.75) is 13.0 Å². The molecule has 4 nitrogen and oxygen atoms in total. The topological polar surface area (TPSA) is 53.3 Å². The van der Waals surface area contributed by atoms with Crippen molar-refractivity contribution in [1.82, 2.24) is 0 Å². The summed E-state index contributed by atoms with van der Waals surface area (Å²) >= 11 is 3.37. The fourth-order valence-electron chi connectivity index (χ4n) is 1.86. The van der Waals surface area contributed by atoms with Crippen LogP contribution in [0.4, 0.5) is 5.69 Å². The van der Waals surface area contributed by atoms with Gasteiger partial charge in [0.25, 0.3) is 5.91 Å². The first-order valence-corrected chi connectivity index (χ1v) is 5.98. The third kappa shape index (κ3) is 2.33. The second kappa shape index (κ2) is 4.86. The SMILES string of the molecule is Cc1cc(Br)ccc1N1C(=O)COCC1C#N. The fraction of sp³-hybridized carbons (Fsp3) is 0.333. The molecular weight excluding hydrogens is 284 g/mol. The van der Waals surface area contributed by atoms with Crippen molar-refractivity contribution in [2.24, 2.45) is 0 Å². The lowest BCUT2D eigenvalue weighted by Crippen LogP contribution is -2.49. The van der Waals surface area contributed by atoms with Gasteiger partial charge < -0.3 is 4.74 Å². The van der Waals surface area contributed by atoms with E-state index in [1.54, 1.807) is 0 Å². The van der Waals surface area contributed by atoms with E-state index in [0.717, 1.165) is 15.7 Å². The highest BCUT2D eigenvalue weighted by Gasteiger charge is 2.30. The summed E-state index contributed by atoms with van der Waals surface area (Å²) in [6.45, 7) is 2.21. The van der Waals surface area contributed by atoms with Crippen LogP contribution in [0.15, 0.2) is 22.7 Å². The Labute approximate surface area is 108 Å². The van der Waals surface area contributed by atoms with Crippen LogP contribution in [0.5, 0.6) is 0 Å². The molecular formula is C12H11BrN2O2. The Bertz CT molecular complexity index is 496. The highest BCUT2D eigenvalue weighted by molar-refractivity contribution is 9.10. The number of aryl methyl sites for hydroxylation is 1. The van der Waals surface area contributed by atoms with E-state index in [-0.39, 0.29) is 19.1 Å². The Morgan fingerprint density at radius 1 is 1.59 bits per heavy atom. The largest absolute Gasteiger partial charge is 0.368 e. The Morgan fingerprint density at radius 2 is 2.35 bits per heavy atom. The monoisotopic (exact) mass is 294 g/mol. The quantitative estimate of drug-likeness (QED) is 0.796. The fourth-order valence-corrected chi connectivity index (χ4v) is 2.34. The molecule has 17 heavy (non-hydrogen) atoms. The van der Waals surface area contributed by atoms with Crippen LogP contribution in [0.1, 0.15) is 5.56 Å². The summed E-state index contributed by atoms with van der Waals surface area (Å²) in [5.41, 5.74) is 1.72. The Hall–Kier alpha value is -1.38. The lowest BCUT2D eigenvalue weighted by molar-refractivity contribution is -0.126. The van der Waals surface area contributed by atoms with Gasteiger partial charge in [-0.1, -0.05) is 15.9 Å². The standard InChI is InChI=1S/C12H11BrN2O2/c1-8-4-9(13)2-3-11(8)15-10(5-14)6-17-7-12(15)16/h2-4,10H,6-7H2,1H3. The van der Waals surface area contributed by atoms with Crippen molar-refractivity contribution in [1.29, 1.82) is 5.26 Å². The van der Waals surface area contributed by atoms with Gasteiger partial charge in [0.15, 0.2) is 0 Å². The average Bonchev–Trinajstić information content (AvgIpc) is 2.30. The summed E-state index contributed by atoms with van der Waals surface area (Å²) in [5, 5.41) is 9.05. The van der Waals surface area contributed by atoms with Crippen molar-refractivity contribution in [3.63, 3.8) is 0 Å². The zero-order valence-electron chi connectivity index (χ0n) is 9.31. The van der Waals surface area contributed by atoms with Crippen LogP contribution in [-0.2, 0) is 9.53 Å². The van der Waals surface area contributed by atoms with Crippen molar-refractivity contribution in [3.8, 4) is 6.07 Å². The molecule has 0 aliphatic carbocycles. The van der Waals surface area contributed by atoms with E-state index in [9.17, 15) is 4.79 Å². The molecule has 0 spiro atoms. The lowest BCUT2D eigenvalue weighted by atomic mass is 10.1. The van der Waals surface area contributed by atoms with E-state index in [4.69, 9.17) is 10.00 Å². The van der Waals surface area contributed by atoms with Gasteiger partial charge in [-0.25, -0.2) is 0 Å². The number of anilines is 1. The molecule has 1 aliphatic heterocycles. The van der Waals surface area contributed by atoms with Crippen LogP contribution in [-0.4, -0.2) is 25.2 Å². The number of benzene rings is 1. The molecule has 1 aromatic rings. The van der Waals surface area contributed by atoms with Crippen molar-refractivity contribution < 1.29 is 9.53 Å². The van der Waals surface area contributed by atoms with Crippen molar-refractivity contribution in [3.05, 3.63) is 28.2 Å². The molecule has 0 aromatic heterocycles. The van der Waals surface area contributed by atoms with Gasteiger partial charge in [-0.05, 0) is 30.7 Å². The highest BCUT2D eigenvalue weighted by Crippen LogP contribution is 2.27. The molecule has 1 aliphatic rings. The first-order valence-electron chi connectivity index (χ1n) is 5.19.